The first-order valence-corrected chi connectivity index (χ1v) is 17.1. The number of hydrogen-bond donors (Lipinski definition) is 3. The van der Waals surface area contributed by atoms with Gasteiger partial charge < -0.3 is 15.5 Å². The Morgan fingerprint density at radius 2 is 0.529 bits per heavy atom. The van der Waals surface area contributed by atoms with E-state index >= 15 is 0 Å². The number of unbranched alkanes of at least 4 members (excludes halogenated alkanes) is 26. The molecule has 0 rings (SSSR count). The first-order valence-electron chi connectivity index (χ1n) is 15.3. The van der Waals surface area contributed by atoms with Crippen molar-refractivity contribution < 1.29 is 14.4 Å². The van der Waals surface area contributed by atoms with Gasteiger partial charge in [-0.1, -0.05) is 161 Å². The van der Waals surface area contributed by atoms with Crippen molar-refractivity contribution >= 4 is 7.60 Å². The lowest BCUT2D eigenvalue weighted by atomic mass is 10.0. The van der Waals surface area contributed by atoms with Gasteiger partial charge in [-0.15, -0.1) is 0 Å². The van der Waals surface area contributed by atoms with E-state index in [2.05, 4.69) is 0 Å². The third-order valence-corrected chi connectivity index (χ3v) is 8.05. The molecule has 0 aromatic carbocycles. The maximum atomic E-state index is 10.8. The average molecular weight is 504 g/mol. The summed E-state index contributed by atoms with van der Waals surface area (Å²) in [4.78, 5) is 17.6. The molecule has 0 atom stereocenters. The molecule has 34 heavy (non-hydrogen) atoms. The fourth-order valence-corrected chi connectivity index (χ4v) is 5.52. The summed E-state index contributed by atoms with van der Waals surface area (Å²) in [6.07, 6.45) is 36.3. The van der Waals surface area contributed by atoms with Crippen molar-refractivity contribution in [2.24, 2.45) is 5.73 Å². The van der Waals surface area contributed by atoms with Crippen LogP contribution in [0.2, 0.25) is 0 Å². The van der Waals surface area contributed by atoms with E-state index in [4.69, 9.17) is 15.5 Å². The number of hydrogen-bond acceptors (Lipinski definition) is 2. The molecular formula is C29H62NO3P. The van der Waals surface area contributed by atoms with E-state index in [1.807, 2.05) is 0 Å². The largest absolute Gasteiger partial charge is 0.330 e. The maximum Gasteiger partial charge on any atom is 0.325 e. The summed E-state index contributed by atoms with van der Waals surface area (Å²) < 4.78 is 10.8. The molecule has 0 fully saturated rings. The molecule has 0 spiro atoms. The smallest absolute Gasteiger partial charge is 0.325 e. The number of rotatable bonds is 29. The Bertz CT molecular complexity index is 428. The van der Waals surface area contributed by atoms with Crippen molar-refractivity contribution in [2.45, 2.75) is 173 Å². The van der Waals surface area contributed by atoms with Crippen LogP contribution in [0.15, 0.2) is 0 Å². The Labute approximate surface area is 213 Å². The first kappa shape index (κ1) is 34.1. The van der Waals surface area contributed by atoms with Crippen LogP contribution in [0.25, 0.3) is 0 Å². The van der Waals surface area contributed by atoms with E-state index in [9.17, 15) is 4.57 Å². The lowest BCUT2D eigenvalue weighted by Crippen LogP contribution is -1.97. The summed E-state index contributed by atoms with van der Waals surface area (Å²) in [6.45, 7) is 0.861. The quantitative estimate of drug-likeness (QED) is 0.0700. The van der Waals surface area contributed by atoms with Gasteiger partial charge in [-0.05, 0) is 19.4 Å². The first-order chi connectivity index (χ1) is 16.6. The van der Waals surface area contributed by atoms with Crippen LogP contribution in [-0.4, -0.2) is 22.5 Å². The normalized spacial score (nSPS) is 12.0. The van der Waals surface area contributed by atoms with Crippen LogP contribution < -0.4 is 5.73 Å². The van der Waals surface area contributed by atoms with Gasteiger partial charge in [0.05, 0.1) is 0 Å². The van der Waals surface area contributed by atoms with Gasteiger partial charge in [0, 0.05) is 6.16 Å². The van der Waals surface area contributed by atoms with Crippen LogP contribution in [0.5, 0.6) is 0 Å². The lowest BCUT2D eigenvalue weighted by molar-refractivity contribution is 0.370. The SMILES string of the molecule is NCCCCCCCCCCCCCCCCCCCCCCCCCCCCCP(=O)(O)O. The molecular weight excluding hydrogens is 441 g/mol. The van der Waals surface area contributed by atoms with Crippen molar-refractivity contribution in [3.63, 3.8) is 0 Å². The van der Waals surface area contributed by atoms with Crippen LogP contribution in [0.1, 0.15) is 173 Å². The fraction of sp³-hybridized carbons (Fsp3) is 1.00. The zero-order valence-corrected chi connectivity index (χ0v) is 23.7. The van der Waals surface area contributed by atoms with Crippen LogP contribution in [0.4, 0.5) is 0 Å². The van der Waals surface area contributed by atoms with Crippen LogP contribution in [-0.2, 0) is 4.57 Å². The van der Waals surface area contributed by atoms with Crippen molar-refractivity contribution in [1.82, 2.24) is 0 Å². The highest BCUT2D eigenvalue weighted by Gasteiger charge is 2.10. The van der Waals surface area contributed by atoms with E-state index in [1.165, 1.54) is 154 Å². The molecule has 206 valence electrons. The predicted molar refractivity (Wildman–Crippen MR) is 151 cm³/mol. The van der Waals surface area contributed by atoms with Crippen LogP contribution in [0, 0.1) is 0 Å². The molecule has 0 aromatic rings. The Morgan fingerprint density at radius 3 is 0.706 bits per heavy atom. The van der Waals surface area contributed by atoms with Gasteiger partial charge in [-0.3, -0.25) is 4.57 Å². The third kappa shape index (κ3) is 32.1. The van der Waals surface area contributed by atoms with E-state index in [0.29, 0.717) is 6.42 Å². The molecule has 5 heteroatoms. The summed E-state index contributed by atoms with van der Waals surface area (Å²) in [5.74, 6) is 0. The van der Waals surface area contributed by atoms with E-state index in [1.54, 1.807) is 0 Å². The highest BCUT2D eigenvalue weighted by atomic mass is 31.2. The molecule has 4 N–H and O–H groups in total. The molecule has 0 saturated carbocycles. The molecule has 0 amide bonds. The third-order valence-electron chi connectivity index (χ3n) is 7.15. The molecule has 0 bridgehead atoms. The molecule has 0 heterocycles. The summed E-state index contributed by atoms with van der Waals surface area (Å²) in [5, 5.41) is 0. The van der Waals surface area contributed by atoms with Gasteiger partial charge in [0.2, 0.25) is 0 Å². The zero-order chi connectivity index (χ0) is 25.0. The summed E-state index contributed by atoms with van der Waals surface area (Å²) >= 11 is 0. The molecule has 0 unspecified atom stereocenters. The molecule has 0 radical (unpaired) electrons. The Hall–Kier alpha value is 0.110. The minimum absolute atomic E-state index is 0.0597. The lowest BCUT2D eigenvalue weighted by Gasteiger charge is -2.05. The van der Waals surface area contributed by atoms with E-state index in [0.717, 1.165) is 19.4 Å². The van der Waals surface area contributed by atoms with Crippen LogP contribution in [0.3, 0.4) is 0 Å². The fourth-order valence-electron chi connectivity index (χ4n) is 4.88. The van der Waals surface area contributed by atoms with E-state index in [-0.39, 0.29) is 6.16 Å². The van der Waals surface area contributed by atoms with Gasteiger partial charge in [0.1, 0.15) is 0 Å². The molecule has 0 aromatic heterocycles. The average Bonchev–Trinajstić information content (AvgIpc) is 2.80. The summed E-state index contributed by atoms with van der Waals surface area (Å²) in [6, 6.07) is 0. The second kappa shape index (κ2) is 27.7. The molecule has 0 aliphatic rings. The van der Waals surface area contributed by atoms with Crippen molar-refractivity contribution in [1.29, 1.82) is 0 Å². The van der Waals surface area contributed by atoms with Gasteiger partial charge >= 0.3 is 7.60 Å². The minimum atomic E-state index is -3.77. The molecule has 0 aliphatic carbocycles. The standard InChI is InChI=1S/C29H62NO3P/c30-28-26-24-22-20-18-16-14-12-10-8-6-4-2-1-3-5-7-9-11-13-15-17-19-21-23-25-27-29-34(31,32)33/h1-30H2,(H2,31,32,33). The molecule has 0 saturated heterocycles. The van der Waals surface area contributed by atoms with Gasteiger partial charge in [-0.25, -0.2) is 0 Å². The van der Waals surface area contributed by atoms with E-state index < -0.39 is 7.60 Å². The van der Waals surface area contributed by atoms with Gasteiger partial charge in [-0.2, -0.15) is 0 Å². The topological polar surface area (TPSA) is 83.6 Å². The van der Waals surface area contributed by atoms with Gasteiger partial charge in [0.15, 0.2) is 0 Å². The highest BCUT2D eigenvalue weighted by Crippen LogP contribution is 2.35. The monoisotopic (exact) mass is 503 g/mol. The maximum absolute atomic E-state index is 10.8. The number of nitrogens with two attached hydrogens (primary N) is 1. The second-order valence-corrected chi connectivity index (χ2v) is 12.5. The van der Waals surface area contributed by atoms with Crippen molar-refractivity contribution in [3.8, 4) is 0 Å². The zero-order valence-electron chi connectivity index (χ0n) is 22.8. The Balaban J connectivity index is 3.03. The Kier molecular flexibility index (Phi) is 27.8. The highest BCUT2D eigenvalue weighted by molar-refractivity contribution is 7.51. The Morgan fingerprint density at radius 1 is 0.353 bits per heavy atom. The second-order valence-electron chi connectivity index (χ2n) is 10.7. The minimum Gasteiger partial charge on any atom is -0.330 e. The molecule has 0 aliphatic heterocycles. The predicted octanol–water partition coefficient (Wildman–Crippen LogP) is 9.66. The van der Waals surface area contributed by atoms with Crippen molar-refractivity contribution in [3.05, 3.63) is 0 Å². The summed E-state index contributed by atoms with van der Waals surface area (Å²) in [7, 11) is -3.77. The molecule has 4 nitrogen and oxygen atoms in total. The van der Waals surface area contributed by atoms with Gasteiger partial charge in [0.25, 0.3) is 0 Å². The van der Waals surface area contributed by atoms with Crippen LogP contribution >= 0.6 is 7.60 Å². The summed E-state index contributed by atoms with van der Waals surface area (Å²) in [5.41, 5.74) is 5.53. The van der Waals surface area contributed by atoms with Crippen molar-refractivity contribution in [2.75, 3.05) is 12.7 Å².